The molecule has 0 bridgehead atoms. The van der Waals surface area contributed by atoms with Gasteiger partial charge < -0.3 is 16.2 Å². The van der Waals surface area contributed by atoms with E-state index in [2.05, 4.69) is 20.1 Å². The summed E-state index contributed by atoms with van der Waals surface area (Å²) in [5.74, 6) is 1.12. The van der Waals surface area contributed by atoms with Crippen LogP contribution in [0.25, 0.3) is 0 Å². The van der Waals surface area contributed by atoms with Crippen molar-refractivity contribution in [3.05, 3.63) is 0 Å². The van der Waals surface area contributed by atoms with Gasteiger partial charge in [0.15, 0.2) is 5.96 Å². The maximum Gasteiger partial charge on any atom is 0.188 e. The van der Waals surface area contributed by atoms with Crippen molar-refractivity contribution in [1.82, 2.24) is 15.1 Å². The fraction of sp³-hybridized carbons (Fsp3) is 0.938. The van der Waals surface area contributed by atoms with E-state index in [1.807, 2.05) is 0 Å². The van der Waals surface area contributed by atoms with E-state index in [9.17, 15) is 5.11 Å². The monoisotopic (exact) mass is 309 g/mol. The van der Waals surface area contributed by atoms with Crippen LogP contribution in [-0.2, 0) is 0 Å². The Labute approximate surface area is 133 Å². The second-order valence-electron chi connectivity index (χ2n) is 7.08. The third-order valence-electron chi connectivity index (χ3n) is 5.57. The second kappa shape index (κ2) is 7.15. The summed E-state index contributed by atoms with van der Waals surface area (Å²) in [6, 6.07) is 1.19. The molecule has 6 nitrogen and oxygen atoms in total. The van der Waals surface area contributed by atoms with E-state index in [0.29, 0.717) is 24.0 Å². The summed E-state index contributed by atoms with van der Waals surface area (Å²) < 4.78 is 0. The Kier molecular flexibility index (Phi) is 5.21. The predicted molar refractivity (Wildman–Crippen MR) is 88.6 cm³/mol. The Hall–Kier alpha value is -0.850. The van der Waals surface area contributed by atoms with E-state index in [0.717, 1.165) is 26.2 Å². The molecule has 0 aromatic rings. The van der Waals surface area contributed by atoms with Gasteiger partial charge in [0.05, 0.1) is 0 Å². The molecule has 3 fully saturated rings. The van der Waals surface area contributed by atoms with Gasteiger partial charge in [-0.1, -0.05) is 0 Å². The first-order valence-electron chi connectivity index (χ1n) is 8.82. The van der Waals surface area contributed by atoms with Gasteiger partial charge in [0.25, 0.3) is 0 Å². The average molecular weight is 309 g/mol. The van der Waals surface area contributed by atoms with Crippen LogP contribution in [0.5, 0.6) is 0 Å². The highest BCUT2D eigenvalue weighted by molar-refractivity contribution is 5.77. The molecule has 1 unspecified atom stereocenters. The number of nitrogens with two attached hydrogens (primary N) is 1. The first kappa shape index (κ1) is 16.0. The quantitative estimate of drug-likeness (QED) is 0.510. The summed E-state index contributed by atoms with van der Waals surface area (Å²) in [5.41, 5.74) is 5.75. The van der Waals surface area contributed by atoms with Gasteiger partial charge >= 0.3 is 0 Å². The Morgan fingerprint density at radius 2 is 1.73 bits per heavy atom. The Balaban J connectivity index is 1.39. The molecule has 1 heterocycles. The predicted octanol–water partition coefficient (Wildman–Crippen LogP) is 0.178. The molecule has 0 aromatic carbocycles. The third-order valence-corrected chi connectivity index (χ3v) is 5.57. The Morgan fingerprint density at radius 3 is 2.27 bits per heavy atom. The number of rotatable bonds is 4. The van der Waals surface area contributed by atoms with Gasteiger partial charge in [0, 0.05) is 45.3 Å². The Morgan fingerprint density at radius 1 is 1.09 bits per heavy atom. The fourth-order valence-corrected chi connectivity index (χ4v) is 3.92. The van der Waals surface area contributed by atoms with Crippen LogP contribution >= 0.6 is 0 Å². The SMILES string of the molecule is CN=C(N)NC1CCC(N2CCN(C(O)C3CC3)CC2)CC1. The van der Waals surface area contributed by atoms with Gasteiger partial charge in [-0.2, -0.15) is 0 Å². The lowest BCUT2D eigenvalue weighted by molar-refractivity contribution is -0.0475. The van der Waals surface area contributed by atoms with Crippen LogP contribution in [0, 0.1) is 5.92 Å². The highest BCUT2D eigenvalue weighted by atomic mass is 16.3. The van der Waals surface area contributed by atoms with Crippen LogP contribution < -0.4 is 11.1 Å². The van der Waals surface area contributed by atoms with Gasteiger partial charge in [0.2, 0.25) is 0 Å². The zero-order valence-electron chi connectivity index (χ0n) is 13.7. The van der Waals surface area contributed by atoms with Crippen molar-refractivity contribution >= 4 is 5.96 Å². The molecule has 0 radical (unpaired) electrons. The number of aliphatic hydroxyl groups excluding tert-OH is 1. The maximum atomic E-state index is 10.2. The number of aliphatic hydroxyl groups is 1. The summed E-state index contributed by atoms with van der Waals surface area (Å²) in [6.45, 7) is 4.24. The molecule has 126 valence electrons. The molecular weight excluding hydrogens is 278 g/mol. The lowest BCUT2D eigenvalue weighted by Gasteiger charge is -2.43. The molecule has 1 saturated heterocycles. The fourth-order valence-electron chi connectivity index (χ4n) is 3.92. The minimum absolute atomic E-state index is 0.182. The molecule has 3 aliphatic rings. The normalized spacial score (nSPS) is 33.6. The highest BCUT2D eigenvalue weighted by Crippen LogP contribution is 2.34. The lowest BCUT2D eigenvalue weighted by atomic mass is 9.90. The van der Waals surface area contributed by atoms with Crippen LogP contribution in [-0.4, -0.2) is 72.4 Å². The zero-order chi connectivity index (χ0) is 15.5. The van der Waals surface area contributed by atoms with Crippen LogP contribution in [0.2, 0.25) is 0 Å². The number of hydrogen-bond acceptors (Lipinski definition) is 4. The van der Waals surface area contributed by atoms with Crippen molar-refractivity contribution < 1.29 is 5.11 Å². The maximum absolute atomic E-state index is 10.2. The van der Waals surface area contributed by atoms with E-state index >= 15 is 0 Å². The van der Waals surface area contributed by atoms with Crippen LogP contribution in [0.4, 0.5) is 0 Å². The second-order valence-corrected chi connectivity index (χ2v) is 7.08. The standard InChI is InChI=1S/C16H31N5O/c1-18-16(17)19-13-4-6-14(7-5-13)20-8-10-21(11-9-20)15(22)12-2-3-12/h12-15,22H,2-11H2,1H3,(H3,17,18,19). The van der Waals surface area contributed by atoms with Crippen molar-refractivity contribution in [1.29, 1.82) is 0 Å². The van der Waals surface area contributed by atoms with E-state index in [-0.39, 0.29) is 6.23 Å². The first-order valence-corrected chi connectivity index (χ1v) is 8.82. The van der Waals surface area contributed by atoms with Gasteiger partial charge in [-0.3, -0.25) is 14.8 Å². The number of piperazine rings is 1. The summed E-state index contributed by atoms with van der Waals surface area (Å²) >= 11 is 0. The molecule has 2 saturated carbocycles. The van der Waals surface area contributed by atoms with Crippen LogP contribution in [0.15, 0.2) is 4.99 Å². The van der Waals surface area contributed by atoms with Crippen LogP contribution in [0.1, 0.15) is 38.5 Å². The van der Waals surface area contributed by atoms with Gasteiger partial charge in [0.1, 0.15) is 6.23 Å². The van der Waals surface area contributed by atoms with Gasteiger partial charge in [-0.05, 0) is 44.4 Å². The molecule has 2 aliphatic carbocycles. The third kappa shape index (κ3) is 3.91. The number of aliphatic imine (C=N–C) groups is 1. The molecule has 1 atom stereocenters. The number of nitrogens with one attached hydrogen (secondary N) is 1. The smallest absolute Gasteiger partial charge is 0.188 e. The van der Waals surface area contributed by atoms with Crippen molar-refractivity contribution in [3.63, 3.8) is 0 Å². The molecule has 3 rings (SSSR count). The molecule has 22 heavy (non-hydrogen) atoms. The Bertz CT molecular complexity index is 382. The summed E-state index contributed by atoms with van der Waals surface area (Å²) in [7, 11) is 1.73. The number of nitrogens with zero attached hydrogens (tertiary/aromatic N) is 3. The molecule has 0 aromatic heterocycles. The number of hydrogen-bond donors (Lipinski definition) is 3. The van der Waals surface area contributed by atoms with E-state index in [4.69, 9.17) is 5.73 Å². The topological polar surface area (TPSA) is 77.1 Å². The van der Waals surface area contributed by atoms with E-state index in [1.54, 1.807) is 7.05 Å². The van der Waals surface area contributed by atoms with E-state index < -0.39 is 0 Å². The average Bonchev–Trinajstić information content (AvgIpc) is 3.40. The molecule has 6 heteroatoms. The van der Waals surface area contributed by atoms with Gasteiger partial charge in [-0.25, -0.2) is 0 Å². The highest BCUT2D eigenvalue weighted by Gasteiger charge is 2.36. The summed E-state index contributed by atoms with van der Waals surface area (Å²) in [5, 5.41) is 13.5. The minimum Gasteiger partial charge on any atom is -0.378 e. The molecule has 4 N–H and O–H groups in total. The van der Waals surface area contributed by atoms with Crippen molar-refractivity contribution in [2.75, 3.05) is 33.2 Å². The number of guanidine groups is 1. The lowest BCUT2D eigenvalue weighted by Crippen LogP contribution is -2.55. The van der Waals surface area contributed by atoms with E-state index in [1.165, 1.54) is 38.5 Å². The molecule has 0 amide bonds. The first-order chi connectivity index (χ1) is 10.7. The summed E-state index contributed by atoms with van der Waals surface area (Å²) in [4.78, 5) is 8.89. The van der Waals surface area contributed by atoms with Crippen molar-refractivity contribution in [2.24, 2.45) is 16.6 Å². The van der Waals surface area contributed by atoms with Crippen LogP contribution in [0.3, 0.4) is 0 Å². The van der Waals surface area contributed by atoms with Crippen molar-refractivity contribution in [2.45, 2.75) is 56.8 Å². The minimum atomic E-state index is -0.182. The molecule has 0 spiro atoms. The molecule has 1 aliphatic heterocycles. The largest absolute Gasteiger partial charge is 0.378 e. The molecular formula is C16H31N5O. The zero-order valence-corrected chi connectivity index (χ0v) is 13.7. The summed E-state index contributed by atoms with van der Waals surface area (Å²) in [6.07, 6.45) is 7.06. The van der Waals surface area contributed by atoms with Crippen molar-refractivity contribution in [3.8, 4) is 0 Å². The van der Waals surface area contributed by atoms with Gasteiger partial charge in [-0.15, -0.1) is 0 Å².